The van der Waals surface area contributed by atoms with Gasteiger partial charge in [0.1, 0.15) is 18.0 Å². The Kier molecular flexibility index (Phi) is 22.9. The van der Waals surface area contributed by atoms with Gasteiger partial charge in [-0.05, 0) is 12.8 Å². The summed E-state index contributed by atoms with van der Waals surface area (Å²) < 4.78 is 0. The number of hydrogen-bond donors (Lipinski definition) is 0. The fourth-order valence-electron chi connectivity index (χ4n) is 4.86. The SMILES string of the molecule is CCCCCCCCCCCCCCc1ncnc(CCCCCCCCCCCCCC)n1. The molecule has 0 amide bonds. The Balaban J connectivity index is 1.91. The lowest BCUT2D eigenvalue weighted by Gasteiger charge is -2.05. The molecule has 3 heteroatoms. The number of rotatable bonds is 26. The summed E-state index contributed by atoms with van der Waals surface area (Å²) in [7, 11) is 0. The van der Waals surface area contributed by atoms with E-state index in [-0.39, 0.29) is 0 Å². The largest absolute Gasteiger partial charge is 0.221 e. The Morgan fingerprint density at radius 1 is 0.382 bits per heavy atom. The fourth-order valence-corrected chi connectivity index (χ4v) is 4.86. The summed E-state index contributed by atoms with van der Waals surface area (Å²) in [5.41, 5.74) is 0. The van der Waals surface area contributed by atoms with E-state index < -0.39 is 0 Å². The molecule has 1 aromatic heterocycles. The van der Waals surface area contributed by atoms with Crippen molar-refractivity contribution in [1.82, 2.24) is 15.0 Å². The van der Waals surface area contributed by atoms with Crippen molar-refractivity contribution in [2.24, 2.45) is 0 Å². The molecule has 0 radical (unpaired) electrons. The van der Waals surface area contributed by atoms with Crippen LogP contribution in [0.1, 0.15) is 180 Å². The monoisotopic (exact) mass is 473 g/mol. The van der Waals surface area contributed by atoms with E-state index in [1.54, 1.807) is 6.33 Å². The van der Waals surface area contributed by atoms with Gasteiger partial charge in [-0.3, -0.25) is 0 Å². The molecule has 0 saturated carbocycles. The molecule has 0 aliphatic heterocycles. The highest BCUT2D eigenvalue weighted by atomic mass is 15.0. The zero-order valence-corrected chi connectivity index (χ0v) is 23.3. The molecule has 198 valence electrons. The number of nitrogens with zero attached hydrogens (tertiary/aromatic N) is 3. The van der Waals surface area contributed by atoms with Crippen molar-refractivity contribution in [2.75, 3.05) is 0 Å². The molecule has 0 aliphatic carbocycles. The van der Waals surface area contributed by atoms with E-state index in [9.17, 15) is 0 Å². The average molecular weight is 474 g/mol. The molecule has 0 spiro atoms. The lowest BCUT2D eigenvalue weighted by Crippen LogP contribution is -2.02. The van der Waals surface area contributed by atoms with Crippen molar-refractivity contribution in [2.45, 2.75) is 181 Å². The van der Waals surface area contributed by atoms with E-state index in [2.05, 4.69) is 23.8 Å². The maximum atomic E-state index is 4.73. The first-order valence-electron chi connectivity index (χ1n) is 15.5. The Morgan fingerprint density at radius 3 is 0.941 bits per heavy atom. The summed E-state index contributed by atoms with van der Waals surface area (Å²) in [6.45, 7) is 4.58. The molecule has 0 bridgehead atoms. The molecule has 0 aromatic carbocycles. The van der Waals surface area contributed by atoms with E-state index in [4.69, 9.17) is 4.98 Å². The van der Waals surface area contributed by atoms with E-state index in [0.29, 0.717) is 0 Å². The highest BCUT2D eigenvalue weighted by Crippen LogP contribution is 2.14. The standard InChI is InChI=1S/C31H59N3/c1-3-5-7-9-11-13-15-17-19-21-23-25-27-30-32-29-33-31(34-30)28-26-24-22-20-18-16-14-12-10-8-6-4-2/h29H,3-28H2,1-2H3. The third-order valence-electron chi connectivity index (χ3n) is 7.18. The predicted molar refractivity (Wildman–Crippen MR) is 149 cm³/mol. The maximum Gasteiger partial charge on any atom is 0.132 e. The molecule has 3 nitrogen and oxygen atoms in total. The molecule has 1 rings (SSSR count). The smallest absolute Gasteiger partial charge is 0.132 e. The van der Waals surface area contributed by atoms with Crippen LogP contribution in [0.3, 0.4) is 0 Å². The van der Waals surface area contributed by atoms with Crippen molar-refractivity contribution < 1.29 is 0 Å². The minimum absolute atomic E-state index is 1.01. The summed E-state index contributed by atoms with van der Waals surface area (Å²) in [5.74, 6) is 2.02. The molecule has 0 saturated heterocycles. The van der Waals surface area contributed by atoms with Gasteiger partial charge in [-0.15, -0.1) is 0 Å². The number of unbranched alkanes of at least 4 members (excludes halogenated alkanes) is 22. The Bertz CT molecular complexity index is 488. The van der Waals surface area contributed by atoms with Gasteiger partial charge in [0.2, 0.25) is 0 Å². The lowest BCUT2D eigenvalue weighted by molar-refractivity contribution is 0.540. The van der Waals surface area contributed by atoms with Gasteiger partial charge < -0.3 is 0 Å². The summed E-state index contributed by atoms with van der Waals surface area (Å²) in [6, 6.07) is 0. The van der Waals surface area contributed by atoms with Crippen LogP contribution in [-0.2, 0) is 12.8 Å². The molecule has 0 unspecified atom stereocenters. The predicted octanol–water partition coefficient (Wildman–Crippen LogP) is 10.4. The third kappa shape index (κ3) is 20.4. The second kappa shape index (κ2) is 25.1. The van der Waals surface area contributed by atoms with Crippen LogP contribution < -0.4 is 0 Å². The van der Waals surface area contributed by atoms with Gasteiger partial charge in [-0.1, -0.05) is 155 Å². The summed E-state index contributed by atoms with van der Waals surface area (Å²) in [4.78, 5) is 13.6. The second-order valence-corrected chi connectivity index (χ2v) is 10.6. The molecular weight excluding hydrogens is 414 g/mol. The quantitative estimate of drug-likeness (QED) is 0.126. The minimum atomic E-state index is 1.01. The summed E-state index contributed by atoms with van der Waals surface area (Å²) >= 11 is 0. The number of aryl methyl sites for hydroxylation is 2. The molecule has 0 atom stereocenters. The maximum absolute atomic E-state index is 4.73. The highest BCUT2D eigenvalue weighted by Gasteiger charge is 2.02. The van der Waals surface area contributed by atoms with Crippen molar-refractivity contribution in [1.29, 1.82) is 0 Å². The molecule has 0 N–H and O–H groups in total. The van der Waals surface area contributed by atoms with Crippen molar-refractivity contribution in [3.05, 3.63) is 18.0 Å². The zero-order valence-electron chi connectivity index (χ0n) is 23.3. The van der Waals surface area contributed by atoms with Crippen LogP contribution in [0.15, 0.2) is 6.33 Å². The van der Waals surface area contributed by atoms with Crippen LogP contribution in [0.4, 0.5) is 0 Å². The van der Waals surface area contributed by atoms with Crippen LogP contribution in [0, 0.1) is 0 Å². The number of hydrogen-bond acceptors (Lipinski definition) is 3. The highest BCUT2D eigenvalue weighted by molar-refractivity contribution is 4.91. The zero-order chi connectivity index (χ0) is 24.4. The first-order valence-corrected chi connectivity index (χ1v) is 15.5. The summed E-state index contributed by atoms with van der Waals surface area (Å²) in [5, 5.41) is 0. The van der Waals surface area contributed by atoms with Gasteiger partial charge in [0.05, 0.1) is 0 Å². The lowest BCUT2D eigenvalue weighted by atomic mass is 10.0. The van der Waals surface area contributed by atoms with Gasteiger partial charge in [0, 0.05) is 12.8 Å². The molecular formula is C31H59N3. The fraction of sp³-hybridized carbons (Fsp3) is 0.903. The van der Waals surface area contributed by atoms with Gasteiger partial charge in [-0.2, -0.15) is 0 Å². The minimum Gasteiger partial charge on any atom is -0.221 e. The van der Waals surface area contributed by atoms with E-state index in [0.717, 1.165) is 24.5 Å². The first-order chi connectivity index (χ1) is 16.9. The van der Waals surface area contributed by atoms with Gasteiger partial charge in [-0.25, -0.2) is 15.0 Å². The molecule has 1 heterocycles. The van der Waals surface area contributed by atoms with E-state index >= 15 is 0 Å². The molecule has 1 aromatic rings. The molecule has 0 aliphatic rings. The van der Waals surface area contributed by atoms with Crippen molar-refractivity contribution >= 4 is 0 Å². The molecule has 0 fully saturated rings. The van der Waals surface area contributed by atoms with Crippen LogP contribution in [-0.4, -0.2) is 15.0 Å². The first kappa shape index (κ1) is 31.0. The topological polar surface area (TPSA) is 38.7 Å². The van der Waals surface area contributed by atoms with Crippen LogP contribution in [0.5, 0.6) is 0 Å². The average Bonchev–Trinajstić information content (AvgIpc) is 2.85. The Morgan fingerprint density at radius 2 is 0.647 bits per heavy atom. The Hall–Kier alpha value is -0.990. The van der Waals surface area contributed by atoms with E-state index in [1.165, 1.54) is 154 Å². The van der Waals surface area contributed by atoms with Crippen LogP contribution in [0.25, 0.3) is 0 Å². The van der Waals surface area contributed by atoms with Gasteiger partial charge in [0.25, 0.3) is 0 Å². The summed E-state index contributed by atoms with van der Waals surface area (Å²) in [6.07, 6.45) is 37.2. The van der Waals surface area contributed by atoms with Gasteiger partial charge in [0.15, 0.2) is 0 Å². The van der Waals surface area contributed by atoms with Crippen molar-refractivity contribution in [3.63, 3.8) is 0 Å². The Labute approximate surface area is 213 Å². The third-order valence-corrected chi connectivity index (χ3v) is 7.18. The van der Waals surface area contributed by atoms with E-state index in [1.807, 2.05) is 0 Å². The van der Waals surface area contributed by atoms with Gasteiger partial charge >= 0.3 is 0 Å². The molecule has 34 heavy (non-hydrogen) atoms. The normalized spacial score (nSPS) is 11.4. The van der Waals surface area contributed by atoms with Crippen LogP contribution >= 0.6 is 0 Å². The van der Waals surface area contributed by atoms with Crippen molar-refractivity contribution in [3.8, 4) is 0 Å². The van der Waals surface area contributed by atoms with Crippen LogP contribution in [0.2, 0.25) is 0 Å². The second-order valence-electron chi connectivity index (χ2n) is 10.6. The number of aromatic nitrogens is 3.